The van der Waals surface area contributed by atoms with Crippen molar-refractivity contribution < 1.29 is 14.0 Å². The molecule has 1 aliphatic rings. The third kappa shape index (κ3) is 4.10. The monoisotopic (exact) mass is 340 g/mol. The number of amides is 1. The summed E-state index contributed by atoms with van der Waals surface area (Å²) in [5.41, 5.74) is 2.09. The molecule has 1 saturated heterocycles. The van der Waals surface area contributed by atoms with Crippen LogP contribution in [0.1, 0.15) is 30.8 Å². The van der Waals surface area contributed by atoms with Crippen molar-refractivity contribution in [2.45, 2.75) is 20.3 Å². The van der Waals surface area contributed by atoms with Crippen LogP contribution in [-0.2, 0) is 4.79 Å². The van der Waals surface area contributed by atoms with E-state index in [0.717, 1.165) is 37.4 Å². The molecule has 0 radical (unpaired) electrons. The molecule has 1 aromatic heterocycles. The number of anilines is 1. The number of carbonyl (C=O) groups excluding carboxylic acids is 2. The molecular weight excluding hydrogens is 316 g/mol. The summed E-state index contributed by atoms with van der Waals surface area (Å²) < 4.78 is 5.45. The van der Waals surface area contributed by atoms with Crippen molar-refractivity contribution in [3.05, 3.63) is 42.2 Å². The Kier molecular flexibility index (Phi) is 5.22. The number of carbonyl (C=O) groups is 2. The molecule has 0 saturated carbocycles. The number of aldehydes is 1. The maximum atomic E-state index is 12.2. The molecule has 1 aromatic carbocycles. The molecule has 1 amide bonds. The van der Waals surface area contributed by atoms with Crippen LogP contribution in [0.4, 0.5) is 5.69 Å². The van der Waals surface area contributed by atoms with Gasteiger partial charge in [-0.3, -0.25) is 9.59 Å². The van der Waals surface area contributed by atoms with Crippen LogP contribution in [0.3, 0.4) is 0 Å². The summed E-state index contributed by atoms with van der Waals surface area (Å²) in [6.45, 7) is 7.39. The lowest BCUT2D eigenvalue weighted by Crippen LogP contribution is -2.49. The summed E-state index contributed by atoms with van der Waals surface area (Å²) >= 11 is 0. The van der Waals surface area contributed by atoms with E-state index < -0.39 is 0 Å². The van der Waals surface area contributed by atoms with E-state index in [1.54, 1.807) is 12.1 Å². The molecule has 0 bridgehead atoms. The largest absolute Gasteiger partial charge is 0.453 e. The van der Waals surface area contributed by atoms with E-state index in [1.807, 2.05) is 17.0 Å². The average molecular weight is 340 g/mol. The Balaban J connectivity index is 1.60. The van der Waals surface area contributed by atoms with E-state index in [2.05, 4.69) is 30.9 Å². The molecule has 25 heavy (non-hydrogen) atoms. The lowest BCUT2D eigenvalue weighted by molar-refractivity contribution is -0.132. The zero-order valence-corrected chi connectivity index (χ0v) is 14.8. The van der Waals surface area contributed by atoms with Gasteiger partial charge >= 0.3 is 0 Å². The molecule has 1 fully saturated rings. The highest BCUT2D eigenvalue weighted by Gasteiger charge is 2.21. The Morgan fingerprint density at radius 3 is 2.32 bits per heavy atom. The molecule has 2 heterocycles. The van der Waals surface area contributed by atoms with Crippen molar-refractivity contribution in [3.63, 3.8) is 0 Å². The van der Waals surface area contributed by atoms with Crippen LogP contribution in [0.5, 0.6) is 0 Å². The van der Waals surface area contributed by atoms with Crippen molar-refractivity contribution >= 4 is 17.9 Å². The molecule has 1 aliphatic heterocycles. The van der Waals surface area contributed by atoms with Gasteiger partial charge in [0, 0.05) is 43.9 Å². The van der Waals surface area contributed by atoms with Crippen molar-refractivity contribution in [2.75, 3.05) is 31.1 Å². The normalized spacial score (nSPS) is 14.8. The van der Waals surface area contributed by atoms with Crippen LogP contribution >= 0.6 is 0 Å². The van der Waals surface area contributed by atoms with E-state index in [4.69, 9.17) is 4.42 Å². The van der Waals surface area contributed by atoms with E-state index >= 15 is 0 Å². The van der Waals surface area contributed by atoms with Gasteiger partial charge in [0.1, 0.15) is 5.76 Å². The number of hydrogen-bond acceptors (Lipinski definition) is 4. The lowest BCUT2D eigenvalue weighted by atomic mass is 10.1. The first kappa shape index (κ1) is 17.3. The second-order valence-corrected chi connectivity index (χ2v) is 6.83. The van der Waals surface area contributed by atoms with Gasteiger partial charge in [0.2, 0.25) is 5.91 Å². The molecule has 0 spiro atoms. The first-order valence-electron chi connectivity index (χ1n) is 8.75. The van der Waals surface area contributed by atoms with Crippen molar-refractivity contribution in [1.29, 1.82) is 0 Å². The number of piperazine rings is 1. The Bertz CT molecular complexity index is 726. The minimum absolute atomic E-state index is 0.258. The highest BCUT2D eigenvalue weighted by molar-refractivity contribution is 5.77. The van der Waals surface area contributed by atoms with E-state index in [0.29, 0.717) is 30.1 Å². The predicted octanol–water partition coefficient (Wildman–Crippen LogP) is 3.45. The maximum absolute atomic E-state index is 12.2. The summed E-state index contributed by atoms with van der Waals surface area (Å²) in [5, 5.41) is 0. The van der Waals surface area contributed by atoms with Crippen LogP contribution in [0.25, 0.3) is 11.3 Å². The minimum atomic E-state index is 0.258. The Hall–Kier alpha value is -2.56. The SMILES string of the molecule is CC(C)CC(=O)N1CCN(c2ccc(-c3ccc(C=O)o3)cc2)CC1. The van der Waals surface area contributed by atoms with Gasteiger partial charge in [-0.05, 0) is 42.3 Å². The fourth-order valence-electron chi connectivity index (χ4n) is 3.10. The molecule has 5 nitrogen and oxygen atoms in total. The van der Waals surface area contributed by atoms with Crippen molar-refractivity contribution in [3.8, 4) is 11.3 Å². The van der Waals surface area contributed by atoms with Gasteiger partial charge in [0.25, 0.3) is 0 Å². The van der Waals surface area contributed by atoms with Crippen LogP contribution in [-0.4, -0.2) is 43.3 Å². The predicted molar refractivity (Wildman–Crippen MR) is 97.8 cm³/mol. The lowest BCUT2D eigenvalue weighted by Gasteiger charge is -2.36. The molecule has 0 aliphatic carbocycles. The van der Waals surface area contributed by atoms with Gasteiger partial charge < -0.3 is 14.2 Å². The zero-order valence-electron chi connectivity index (χ0n) is 14.8. The smallest absolute Gasteiger partial charge is 0.222 e. The van der Waals surface area contributed by atoms with Crippen LogP contribution in [0, 0.1) is 5.92 Å². The Labute approximate surface area is 148 Å². The standard InChI is InChI=1S/C20H24N2O3/c1-15(2)13-20(24)22-11-9-21(10-12-22)17-5-3-16(4-6-17)19-8-7-18(14-23)25-19/h3-8,14-15H,9-13H2,1-2H3. The molecule has 0 atom stereocenters. The zero-order chi connectivity index (χ0) is 17.8. The number of benzene rings is 1. The third-order valence-electron chi connectivity index (χ3n) is 4.48. The summed E-state index contributed by atoms with van der Waals surface area (Å²) in [6, 6.07) is 11.6. The highest BCUT2D eigenvalue weighted by Crippen LogP contribution is 2.25. The van der Waals surface area contributed by atoms with Gasteiger partial charge in [0.15, 0.2) is 12.0 Å². The van der Waals surface area contributed by atoms with Crippen LogP contribution in [0.2, 0.25) is 0 Å². The highest BCUT2D eigenvalue weighted by atomic mass is 16.3. The third-order valence-corrected chi connectivity index (χ3v) is 4.48. The van der Waals surface area contributed by atoms with Gasteiger partial charge in [-0.25, -0.2) is 0 Å². The van der Waals surface area contributed by atoms with Crippen molar-refractivity contribution in [1.82, 2.24) is 4.90 Å². The second kappa shape index (κ2) is 7.55. The molecule has 3 rings (SSSR count). The van der Waals surface area contributed by atoms with Gasteiger partial charge in [-0.2, -0.15) is 0 Å². The van der Waals surface area contributed by atoms with E-state index in [1.165, 1.54) is 0 Å². The number of rotatable bonds is 5. The molecule has 5 heteroatoms. The Morgan fingerprint density at radius 1 is 1.08 bits per heavy atom. The fourth-order valence-corrected chi connectivity index (χ4v) is 3.10. The van der Waals surface area contributed by atoms with Crippen molar-refractivity contribution in [2.24, 2.45) is 5.92 Å². The fraction of sp³-hybridized carbons (Fsp3) is 0.400. The van der Waals surface area contributed by atoms with Gasteiger partial charge in [-0.1, -0.05) is 13.8 Å². The van der Waals surface area contributed by atoms with Gasteiger partial charge in [0.05, 0.1) is 0 Å². The van der Waals surface area contributed by atoms with E-state index in [-0.39, 0.29) is 5.91 Å². The molecular formula is C20H24N2O3. The molecule has 0 unspecified atom stereocenters. The van der Waals surface area contributed by atoms with Crippen LogP contribution < -0.4 is 4.90 Å². The number of furan rings is 1. The first-order valence-corrected chi connectivity index (χ1v) is 8.75. The molecule has 132 valence electrons. The maximum Gasteiger partial charge on any atom is 0.222 e. The average Bonchev–Trinajstić information content (AvgIpc) is 3.11. The number of nitrogens with zero attached hydrogens (tertiary/aromatic N) is 2. The first-order chi connectivity index (χ1) is 12.1. The summed E-state index contributed by atoms with van der Waals surface area (Å²) in [6.07, 6.45) is 1.33. The van der Waals surface area contributed by atoms with Crippen LogP contribution in [0.15, 0.2) is 40.8 Å². The molecule has 2 aromatic rings. The summed E-state index contributed by atoms with van der Waals surface area (Å²) in [5.74, 6) is 1.69. The quantitative estimate of drug-likeness (QED) is 0.782. The number of hydrogen-bond donors (Lipinski definition) is 0. The Morgan fingerprint density at radius 2 is 1.76 bits per heavy atom. The summed E-state index contributed by atoms with van der Waals surface area (Å²) in [7, 11) is 0. The van der Waals surface area contributed by atoms with Gasteiger partial charge in [-0.15, -0.1) is 0 Å². The van der Waals surface area contributed by atoms with E-state index in [9.17, 15) is 9.59 Å². The molecule has 0 N–H and O–H groups in total. The second-order valence-electron chi connectivity index (χ2n) is 6.83. The minimum Gasteiger partial charge on any atom is -0.453 e. The topological polar surface area (TPSA) is 53.8 Å². The summed E-state index contributed by atoms with van der Waals surface area (Å²) in [4.78, 5) is 27.1.